The van der Waals surface area contributed by atoms with E-state index in [-0.39, 0.29) is 0 Å². The Labute approximate surface area is 165 Å². The van der Waals surface area contributed by atoms with Crippen molar-refractivity contribution in [2.45, 2.75) is 63.1 Å². The molecule has 0 aliphatic heterocycles. The Morgan fingerprint density at radius 1 is 1.00 bits per heavy atom. The summed E-state index contributed by atoms with van der Waals surface area (Å²) in [5.74, 6) is -9.07. The highest BCUT2D eigenvalue weighted by molar-refractivity contribution is 5.66. The Morgan fingerprint density at radius 2 is 1.43 bits per heavy atom. The van der Waals surface area contributed by atoms with Crippen molar-refractivity contribution in [2.24, 2.45) is 0 Å². The van der Waals surface area contributed by atoms with Gasteiger partial charge in [-0.05, 0) is 20.3 Å². The van der Waals surface area contributed by atoms with Gasteiger partial charge in [0.15, 0.2) is 11.9 Å². The van der Waals surface area contributed by atoms with Crippen molar-refractivity contribution in [1.29, 1.82) is 0 Å². The third-order valence-corrected chi connectivity index (χ3v) is 4.09. The standard InChI is InChI=1S/C15H16F9N5O/c1-5(14(19,20)21)25-11-27-10(7-3-4-13(17,18)9(30)8(7)16)28-12(29-11)26-6(2)15(22,23)24/h5-6,9,30H,3-4H2,1-2H3,(H2,25,26,27,28,29)/t5-,6?,9+/m1/s1/i9D. The van der Waals surface area contributed by atoms with Crippen LogP contribution in [0.2, 0.25) is 0 Å². The second-order valence-electron chi connectivity index (χ2n) is 6.47. The molecule has 1 aromatic heterocycles. The molecule has 15 heteroatoms. The van der Waals surface area contributed by atoms with Crippen LogP contribution in [0.15, 0.2) is 5.83 Å². The lowest BCUT2D eigenvalue weighted by molar-refractivity contribution is -0.139. The molecular weight excluding hydrogens is 437 g/mol. The zero-order chi connectivity index (χ0) is 24.0. The van der Waals surface area contributed by atoms with Gasteiger partial charge >= 0.3 is 12.4 Å². The zero-order valence-electron chi connectivity index (χ0n) is 16.3. The molecule has 3 atom stereocenters. The van der Waals surface area contributed by atoms with E-state index in [0.717, 1.165) is 0 Å². The monoisotopic (exact) mass is 454 g/mol. The van der Waals surface area contributed by atoms with Crippen LogP contribution in [0.4, 0.5) is 51.4 Å². The molecule has 0 saturated heterocycles. The minimum atomic E-state index is -4.82. The van der Waals surface area contributed by atoms with Gasteiger partial charge in [-0.2, -0.15) is 41.3 Å². The van der Waals surface area contributed by atoms with E-state index < -0.39 is 78.4 Å². The highest BCUT2D eigenvalue weighted by Crippen LogP contribution is 2.41. The molecule has 1 aliphatic carbocycles. The molecule has 0 saturated carbocycles. The van der Waals surface area contributed by atoms with Crippen LogP contribution in [-0.4, -0.2) is 56.5 Å². The lowest BCUT2D eigenvalue weighted by Gasteiger charge is -2.28. The van der Waals surface area contributed by atoms with Crippen molar-refractivity contribution >= 4 is 17.5 Å². The fourth-order valence-electron chi connectivity index (χ4n) is 2.21. The Morgan fingerprint density at radius 3 is 1.83 bits per heavy atom. The minimum Gasteiger partial charge on any atom is -0.380 e. The SMILES string of the molecule is [2H][C@]1(O)C(F)=C(c2nc(NC(C)C(F)(F)F)nc(N[C@H](C)C(F)(F)F)n2)CCC1(F)F. The van der Waals surface area contributed by atoms with Gasteiger partial charge in [0.1, 0.15) is 17.9 Å². The summed E-state index contributed by atoms with van der Waals surface area (Å²) in [4.78, 5) is 10.3. The number of halogens is 9. The van der Waals surface area contributed by atoms with E-state index in [0.29, 0.717) is 13.8 Å². The van der Waals surface area contributed by atoms with Crippen molar-refractivity contribution in [3.63, 3.8) is 0 Å². The summed E-state index contributed by atoms with van der Waals surface area (Å²) in [6, 6.07) is -4.59. The summed E-state index contributed by atoms with van der Waals surface area (Å²) >= 11 is 0. The highest BCUT2D eigenvalue weighted by Gasteiger charge is 2.46. The van der Waals surface area contributed by atoms with Gasteiger partial charge in [0.05, 0.1) is 1.37 Å². The zero-order valence-corrected chi connectivity index (χ0v) is 15.3. The maximum atomic E-state index is 14.4. The Balaban J connectivity index is 2.56. The van der Waals surface area contributed by atoms with E-state index in [1.165, 1.54) is 0 Å². The van der Waals surface area contributed by atoms with Gasteiger partial charge in [-0.1, -0.05) is 0 Å². The summed E-state index contributed by atoms with van der Waals surface area (Å²) in [5, 5.41) is 13.0. The third-order valence-electron chi connectivity index (χ3n) is 4.09. The predicted octanol–water partition coefficient (Wildman–Crippen LogP) is 4.07. The van der Waals surface area contributed by atoms with Crippen LogP contribution in [-0.2, 0) is 0 Å². The van der Waals surface area contributed by atoms with Crippen LogP contribution in [0.5, 0.6) is 0 Å². The van der Waals surface area contributed by atoms with Gasteiger partial charge in [0, 0.05) is 12.0 Å². The maximum absolute atomic E-state index is 14.4. The van der Waals surface area contributed by atoms with Crippen LogP contribution in [0.1, 0.15) is 33.9 Å². The van der Waals surface area contributed by atoms with Crippen molar-refractivity contribution in [3.8, 4) is 0 Å². The van der Waals surface area contributed by atoms with E-state index in [1.54, 1.807) is 10.6 Å². The van der Waals surface area contributed by atoms with Gasteiger partial charge < -0.3 is 15.7 Å². The molecule has 2 rings (SSSR count). The van der Waals surface area contributed by atoms with Gasteiger partial charge in [0.2, 0.25) is 11.9 Å². The van der Waals surface area contributed by atoms with E-state index in [1.807, 2.05) is 0 Å². The average Bonchev–Trinajstić information content (AvgIpc) is 2.58. The first-order valence-corrected chi connectivity index (χ1v) is 8.28. The predicted molar refractivity (Wildman–Crippen MR) is 86.3 cm³/mol. The third kappa shape index (κ3) is 5.43. The molecule has 6 nitrogen and oxygen atoms in total. The minimum absolute atomic E-state index is 0.637. The molecule has 1 aliphatic rings. The van der Waals surface area contributed by atoms with Gasteiger partial charge in [0.25, 0.3) is 5.92 Å². The molecule has 30 heavy (non-hydrogen) atoms. The summed E-state index contributed by atoms with van der Waals surface area (Å²) in [5.41, 5.74) is -0.878. The Bertz CT molecular complexity index is 816. The number of hydrogen-bond donors (Lipinski definition) is 3. The molecule has 0 spiro atoms. The van der Waals surface area contributed by atoms with Crippen LogP contribution < -0.4 is 10.6 Å². The summed E-state index contributed by atoms with van der Waals surface area (Å²) in [6.07, 6.45) is -15.8. The molecule has 170 valence electrons. The molecule has 0 amide bonds. The van der Waals surface area contributed by atoms with Gasteiger partial charge in [-0.3, -0.25) is 0 Å². The Hall–Kier alpha value is -2.32. The molecule has 0 bridgehead atoms. The second-order valence-corrected chi connectivity index (χ2v) is 6.47. The number of nitrogens with one attached hydrogen (secondary N) is 2. The Kier molecular flexibility index (Phi) is 6.02. The normalized spacial score (nSPS) is 24.9. The highest BCUT2D eigenvalue weighted by atomic mass is 19.4. The summed E-state index contributed by atoms with van der Waals surface area (Å²) in [7, 11) is 0. The van der Waals surface area contributed by atoms with E-state index in [4.69, 9.17) is 1.37 Å². The number of hydrogen-bond acceptors (Lipinski definition) is 6. The van der Waals surface area contributed by atoms with Crippen molar-refractivity contribution < 1.29 is 46.0 Å². The fraction of sp³-hybridized carbons (Fsp3) is 0.667. The average molecular weight is 454 g/mol. The topological polar surface area (TPSA) is 83.0 Å². The number of alkyl halides is 8. The largest absolute Gasteiger partial charge is 0.408 e. The number of nitrogens with zero attached hydrogens (tertiary/aromatic N) is 3. The molecule has 0 aromatic carbocycles. The fourth-order valence-corrected chi connectivity index (χ4v) is 2.21. The molecule has 0 fully saturated rings. The molecule has 0 radical (unpaired) electrons. The lowest BCUT2D eigenvalue weighted by atomic mass is 9.92. The number of anilines is 2. The molecular formula is C15H16F9N5O. The number of aliphatic hydroxyl groups is 1. The first-order valence-electron chi connectivity index (χ1n) is 8.78. The molecule has 1 unspecified atom stereocenters. The summed E-state index contributed by atoms with van der Waals surface area (Å²) < 4.78 is 126. The quantitative estimate of drug-likeness (QED) is 0.582. The molecule has 1 heterocycles. The van der Waals surface area contributed by atoms with Crippen LogP contribution in [0, 0.1) is 0 Å². The maximum Gasteiger partial charge on any atom is 0.408 e. The van der Waals surface area contributed by atoms with Crippen LogP contribution >= 0.6 is 0 Å². The lowest BCUT2D eigenvalue weighted by Crippen LogP contribution is -2.38. The van der Waals surface area contributed by atoms with Crippen molar-refractivity contribution in [3.05, 3.63) is 11.7 Å². The second kappa shape index (κ2) is 8.07. The first kappa shape index (κ1) is 22.4. The smallest absolute Gasteiger partial charge is 0.380 e. The van der Waals surface area contributed by atoms with E-state index in [2.05, 4.69) is 15.0 Å². The molecule has 3 N–H and O–H groups in total. The number of allylic oxidation sites excluding steroid dienone is 1. The van der Waals surface area contributed by atoms with Crippen molar-refractivity contribution in [1.82, 2.24) is 15.0 Å². The molecule has 1 aromatic rings. The van der Waals surface area contributed by atoms with E-state index >= 15 is 0 Å². The number of aromatic nitrogens is 3. The van der Waals surface area contributed by atoms with Gasteiger partial charge in [-0.15, -0.1) is 0 Å². The van der Waals surface area contributed by atoms with Crippen LogP contribution in [0.25, 0.3) is 5.57 Å². The van der Waals surface area contributed by atoms with Crippen LogP contribution in [0.3, 0.4) is 0 Å². The van der Waals surface area contributed by atoms with Gasteiger partial charge in [-0.25, -0.2) is 13.2 Å². The van der Waals surface area contributed by atoms with Crippen molar-refractivity contribution in [2.75, 3.05) is 10.6 Å². The van der Waals surface area contributed by atoms with E-state index in [9.17, 15) is 44.6 Å². The number of rotatable bonds is 5. The summed E-state index contributed by atoms with van der Waals surface area (Å²) in [6.45, 7) is 1.27. The first-order chi connectivity index (χ1) is 13.9.